The van der Waals surface area contributed by atoms with E-state index in [9.17, 15) is 23.2 Å². The molecule has 35 heavy (non-hydrogen) atoms. The average Bonchev–Trinajstić information content (AvgIpc) is 3.14. The normalized spacial score (nSPS) is 14.1. The molecule has 2 amide bonds. The molecule has 0 aliphatic heterocycles. The highest BCUT2D eigenvalue weighted by molar-refractivity contribution is 5.86. The van der Waals surface area contributed by atoms with Gasteiger partial charge >= 0.3 is 12.1 Å². The summed E-state index contributed by atoms with van der Waals surface area (Å²) >= 11 is 0. The maximum atomic E-state index is 13.1. The van der Waals surface area contributed by atoms with Gasteiger partial charge in [0.2, 0.25) is 12.3 Å². The molecule has 0 heterocycles. The van der Waals surface area contributed by atoms with E-state index in [4.69, 9.17) is 9.84 Å². The molecule has 7 nitrogen and oxygen atoms in total. The number of aliphatic carboxylic acids is 1. The van der Waals surface area contributed by atoms with Crippen LogP contribution in [-0.2, 0) is 14.3 Å². The molecule has 2 aromatic carbocycles. The molecule has 0 aromatic heterocycles. The smallest absolute Gasteiger partial charge is 0.407 e. The number of carbonyl (C=O) groups excluding carboxylic acids is 2. The van der Waals surface area contributed by atoms with E-state index in [1.165, 1.54) is 0 Å². The van der Waals surface area contributed by atoms with E-state index in [-0.39, 0.29) is 18.9 Å². The number of amides is 2. The van der Waals surface area contributed by atoms with Crippen LogP contribution in [0.1, 0.15) is 56.1 Å². The van der Waals surface area contributed by atoms with Crippen LogP contribution in [0.3, 0.4) is 0 Å². The fourth-order valence-corrected chi connectivity index (χ4v) is 4.38. The molecule has 2 aromatic rings. The first-order chi connectivity index (χ1) is 16.8. The molecule has 0 radical (unpaired) electrons. The minimum atomic E-state index is -2.85. The van der Waals surface area contributed by atoms with Crippen molar-refractivity contribution in [2.24, 2.45) is 0 Å². The maximum absolute atomic E-state index is 13.1. The van der Waals surface area contributed by atoms with Crippen molar-refractivity contribution in [3.63, 3.8) is 0 Å². The summed E-state index contributed by atoms with van der Waals surface area (Å²) in [5.74, 6) is -2.19. The second-order valence-corrected chi connectivity index (χ2v) is 8.59. The monoisotopic (exact) mass is 488 g/mol. The number of hydrogen-bond acceptors (Lipinski definition) is 4. The van der Waals surface area contributed by atoms with Gasteiger partial charge < -0.3 is 20.5 Å². The Balaban J connectivity index is 1.64. The molecule has 0 spiro atoms. The number of hydrogen-bond donors (Lipinski definition) is 3. The van der Waals surface area contributed by atoms with Gasteiger partial charge in [-0.25, -0.2) is 13.6 Å². The van der Waals surface area contributed by atoms with Crippen LogP contribution in [0.4, 0.5) is 13.6 Å². The third kappa shape index (κ3) is 7.00. The summed E-state index contributed by atoms with van der Waals surface area (Å²) in [4.78, 5) is 36.3. The van der Waals surface area contributed by atoms with Crippen LogP contribution in [0.5, 0.6) is 0 Å². The molecule has 3 rings (SSSR count). The Morgan fingerprint density at radius 2 is 1.60 bits per heavy atom. The number of carboxylic acids is 1. The van der Waals surface area contributed by atoms with Crippen molar-refractivity contribution >= 4 is 18.0 Å². The Kier molecular flexibility index (Phi) is 9.17. The number of fused-ring (bicyclic) bond motifs is 3. The molecule has 0 saturated heterocycles. The second-order valence-electron chi connectivity index (χ2n) is 8.59. The molecular weight excluding hydrogens is 458 g/mol. The number of benzene rings is 2. The largest absolute Gasteiger partial charge is 0.481 e. The molecule has 2 atom stereocenters. The lowest BCUT2D eigenvalue weighted by molar-refractivity contribution is -0.137. The Morgan fingerprint density at radius 1 is 1.00 bits per heavy atom. The van der Waals surface area contributed by atoms with Gasteiger partial charge in [-0.15, -0.1) is 0 Å². The molecule has 188 valence electrons. The lowest BCUT2D eigenvalue weighted by Gasteiger charge is -2.23. The first-order valence-electron chi connectivity index (χ1n) is 11.7. The van der Waals surface area contributed by atoms with Gasteiger partial charge in [0.05, 0.1) is 6.42 Å². The predicted octanol–water partition coefficient (Wildman–Crippen LogP) is 4.70. The summed E-state index contributed by atoms with van der Waals surface area (Å²) in [5, 5.41) is 13.8. The van der Waals surface area contributed by atoms with Gasteiger partial charge in [-0.3, -0.25) is 9.59 Å². The van der Waals surface area contributed by atoms with Crippen LogP contribution in [-0.4, -0.2) is 48.2 Å². The summed E-state index contributed by atoms with van der Waals surface area (Å²) in [6.45, 7) is 1.89. The molecule has 0 bridgehead atoms. The standard InChI is InChI=1S/C26H30F2N2O5/c1-2-3-8-16(13-24(31)32)29-25(33)22(14-23(27)28)30-26(34)35-15-21-19-11-6-4-9-17(19)18-10-5-7-12-20(18)21/h4-7,9-12,16,21-23H,2-3,8,13-15H2,1H3,(H,29,33)(H,30,34)(H,31,32)/t16-,22?/m1/s1. The van der Waals surface area contributed by atoms with E-state index >= 15 is 0 Å². The van der Waals surface area contributed by atoms with Crippen molar-refractivity contribution < 1.29 is 33.0 Å². The highest BCUT2D eigenvalue weighted by Gasteiger charge is 2.31. The Labute approximate surface area is 202 Å². The number of nitrogens with one attached hydrogen (secondary N) is 2. The number of carboxylic acid groups (broad SMARTS) is 1. The van der Waals surface area contributed by atoms with Crippen molar-refractivity contribution in [2.75, 3.05) is 6.61 Å². The lowest BCUT2D eigenvalue weighted by atomic mass is 9.98. The van der Waals surface area contributed by atoms with Gasteiger partial charge in [0, 0.05) is 18.4 Å². The van der Waals surface area contributed by atoms with E-state index in [0.717, 1.165) is 28.7 Å². The molecule has 1 aliphatic carbocycles. The first kappa shape index (κ1) is 26.1. The molecule has 0 fully saturated rings. The van der Waals surface area contributed by atoms with Crippen molar-refractivity contribution in [1.82, 2.24) is 10.6 Å². The minimum absolute atomic E-state index is 0.0268. The van der Waals surface area contributed by atoms with Gasteiger partial charge in [-0.05, 0) is 28.7 Å². The van der Waals surface area contributed by atoms with E-state index in [1.807, 2.05) is 55.5 Å². The van der Waals surface area contributed by atoms with Crippen molar-refractivity contribution in [1.29, 1.82) is 0 Å². The average molecular weight is 489 g/mol. The summed E-state index contributed by atoms with van der Waals surface area (Å²) in [6.07, 6.45) is -3.26. The number of rotatable bonds is 12. The fraction of sp³-hybridized carbons (Fsp3) is 0.423. The zero-order chi connectivity index (χ0) is 25.4. The van der Waals surface area contributed by atoms with Gasteiger partial charge in [0.25, 0.3) is 0 Å². The topological polar surface area (TPSA) is 105 Å². The van der Waals surface area contributed by atoms with Crippen LogP contribution in [0.2, 0.25) is 0 Å². The number of unbranched alkanes of at least 4 members (excludes halogenated alkanes) is 1. The van der Waals surface area contributed by atoms with Gasteiger partial charge in [-0.1, -0.05) is 68.3 Å². The number of ether oxygens (including phenoxy) is 1. The summed E-state index contributed by atoms with van der Waals surface area (Å²) in [5.41, 5.74) is 4.08. The third-order valence-electron chi connectivity index (χ3n) is 6.04. The molecule has 0 saturated carbocycles. The predicted molar refractivity (Wildman–Crippen MR) is 126 cm³/mol. The van der Waals surface area contributed by atoms with Crippen molar-refractivity contribution in [3.8, 4) is 11.1 Å². The molecule has 3 N–H and O–H groups in total. The van der Waals surface area contributed by atoms with E-state index in [2.05, 4.69) is 10.6 Å². The first-order valence-corrected chi connectivity index (χ1v) is 11.7. The van der Waals surface area contributed by atoms with Gasteiger partial charge in [-0.2, -0.15) is 0 Å². The summed E-state index contributed by atoms with van der Waals surface area (Å²) in [7, 11) is 0. The maximum Gasteiger partial charge on any atom is 0.407 e. The quantitative estimate of drug-likeness (QED) is 0.402. The molecule has 1 aliphatic rings. The third-order valence-corrected chi connectivity index (χ3v) is 6.04. The van der Waals surface area contributed by atoms with Crippen LogP contribution in [0, 0.1) is 0 Å². The zero-order valence-electron chi connectivity index (χ0n) is 19.5. The Morgan fingerprint density at radius 3 is 2.14 bits per heavy atom. The molecule has 1 unspecified atom stereocenters. The van der Waals surface area contributed by atoms with Crippen molar-refractivity contribution in [3.05, 3.63) is 59.7 Å². The van der Waals surface area contributed by atoms with E-state index in [0.29, 0.717) is 12.8 Å². The SMILES string of the molecule is CCCC[C@H](CC(=O)O)NC(=O)C(CC(F)F)NC(=O)OCC1c2ccccc2-c2ccccc21. The highest BCUT2D eigenvalue weighted by atomic mass is 19.3. The van der Waals surface area contributed by atoms with E-state index in [1.54, 1.807) is 0 Å². The minimum Gasteiger partial charge on any atom is -0.481 e. The number of alkyl carbamates (subject to hydrolysis) is 1. The number of carbonyl (C=O) groups is 3. The number of halogens is 2. The van der Waals surface area contributed by atoms with E-state index < -0.39 is 42.9 Å². The van der Waals surface area contributed by atoms with Crippen LogP contribution in [0.25, 0.3) is 11.1 Å². The Hall–Kier alpha value is -3.49. The van der Waals surface area contributed by atoms with Crippen LogP contribution < -0.4 is 10.6 Å². The van der Waals surface area contributed by atoms with Crippen molar-refractivity contribution in [2.45, 2.75) is 63.5 Å². The summed E-state index contributed by atoms with van der Waals surface area (Å²) < 4.78 is 31.7. The lowest BCUT2D eigenvalue weighted by Crippen LogP contribution is -2.51. The van der Waals surface area contributed by atoms with Crippen LogP contribution in [0.15, 0.2) is 48.5 Å². The molecule has 9 heteroatoms. The van der Waals surface area contributed by atoms with Gasteiger partial charge in [0.1, 0.15) is 12.6 Å². The number of alkyl halides is 2. The molecular formula is C26H30F2N2O5. The highest BCUT2D eigenvalue weighted by Crippen LogP contribution is 2.44. The Bertz CT molecular complexity index is 1000. The summed E-state index contributed by atoms with van der Waals surface area (Å²) in [6, 6.07) is 13.3. The zero-order valence-corrected chi connectivity index (χ0v) is 19.5. The second kappa shape index (κ2) is 12.3. The van der Waals surface area contributed by atoms with Crippen LogP contribution >= 0.6 is 0 Å². The van der Waals surface area contributed by atoms with Gasteiger partial charge in [0.15, 0.2) is 0 Å². The fourth-order valence-electron chi connectivity index (χ4n) is 4.38.